The van der Waals surface area contributed by atoms with Crippen molar-refractivity contribution in [1.82, 2.24) is 4.90 Å². The van der Waals surface area contributed by atoms with E-state index in [0.29, 0.717) is 37.2 Å². The van der Waals surface area contributed by atoms with Crippen LogP contribution in [0.5, 0.6) is 11.5 Å². The highest BCUT2D eigenvalue weighted by molar-refractivity contribution is 5.90. The molecule has 0 unspecified atom stereocenters. The molecule has 0 radical (unpaired) electrons. The summed E-state index contributed by atoms with van der Waals surface area (Å²) in [5.74, 6) is 0.438. The zero-order valence-electron chi connectivity index (χ0n) is 14.4. The number of piperidine rings is 1. The summed E-state index contributed by atoms with van der Waals surface area (Å²) in [6.45, 7) is 2.15. The second-order valence-corrected chi connectivity index (χ2v) is 7.83. The molecule has 2 aliphatic carbocycles. The number of hydrogen-bond acceptors (Lipinski definition) is 6. The molecule has 2 bridgehead atoms. The smallest absolute Gasteiger partial charge is 0.308 e. The summed E-state index contributed by atoms with van der Waals surface area (Å²) in [5, 5.41) is 11.8. The Labute approximate surface area is 145 Å². The Morgan fingerprint density at radius 3 is 2.96 bits per heavy atom. The highest BCUT2D eigenvalue weighted by Gasteiger charge is 2.72. The van der Waals surface area contributed by atoms with Crippen molar-refractivity contribution in [3.8, 4) is 11.5 Å². The number of nitrogens with zero attached hydrogens (tertiary/aromatic N) is 1. The van der Waals surface area contributed by atoms with Crippen LogP contribution in [0.15, 0.2) is 12.1 Å². The topological polar surface area (TPSA) is 76.1 Å². The van der Waals surface area contributed by atoms with Gasteiger partial charge in [0, 0.05) is 24.9 Å². The van der Waals surface area contributed by atoms with Crippen molar-refractivity contribution >= 4 is 11.8 Å². The zero-order valence-corrected chi connectivity index (χ0v) is 14.4. The maximum atomic E-state index is 12.7. The first-order valence-electron chi connectivity index (χ1n) is 8.85. The van der Waals surface area contributed by atoms with E-state index in [9.17, 15) is 14.7 Å². The van der Waals surface area contributed by atoms with Crippen molar-refractivity contribution in [1.29, 1.82) is 0 Å². The summed E-state index contributed by atoms with van der Waals surface area (Å²) < 4.78 is 11.5. The van der Waals surface area contributed by atoms with E-state index < -0.39 is 23.1 Å². The first-order valence-corrected chi connectivity index (χ1v) is 8.85. The first-order chi connectivity index (χ1) is 11.9. The first kappa shape index (κ1) is 15.3. The molecule has 1 saturated carbocycles. The largest absolute Gasteiger partial charge is 0.477 e. The van der Waals surface area contributed by atoms with Crippen LogP contribution in [-0.2, 0) is 21.4 Å². The van der Waals surface area contributed by atoms with Crippen LogP contribution in [-0.4, -0.2) is 53.1 Å². The number of benzene rings is 1. The van der Waals surface area contributed by atoms with Gasteiger partial charge < -0.3 is 19.5 Å². The molecule has 6 nitrogen and oxygen atoms in total. The predicted molar refractivity (Wildman–Crippen MR) is 87.8 cm³/mol. The van der Waals surface area contributed by atoms with E-state index in [-0.39, 0.29) is 11.8 Å². The highest BCUT2D eigenvalue weighted by atomic mass is 16.6. The number of hydrogen-bond donors (Lipinski definition) is 1. The van der Waals surface area contributed by atoms with Gasteiger partial charge in [-0.15, -0.1) is 0 Å². The normalized spacial score (nSPS) is 38.1. The summed E-state index contributed by atoms with van der Waals surface area (Å²) in [4.78, 5) is 26.4. The molecule has 6 heteroatoms. The van der Waals surface area contributed by atoms with Crippen molar-refractivity contribution in [3.05, 3.63) is 23.3 Å². The number of likely N-dealkylation sites (N-methyl/N-ethyl adjacent to an activating group) is 1. The number of esters is 1. The summed E-state index contributed by atoms with van der Waals surface area (Å²) in [7, 11) is 2.04. The molecular formula is C19H21NO5. The van der Waals surface area contributed by atoms with E-state index in [0.717, 1.165) is 17.7 Å². The van der Waals surface area contributed by atoms with E-state index in [1.165, 1.54) is 6.92 Å². The molecule has 4 aliphatic rings. The molecule has 0 amide bonds. The molecule has 2 heterocycles. The SMILES string of the molecule is CC(=O)Oc1ccc2c3c1O[C@@H]1C(=O)CC[C@@]4(O)[C@@H](C2)N(C)CC[C@]314. The zero-order chi connectivity index (χ0) is 17.6. The molecule has 1 spiro atoms. The molecule has 1 N–H and O–H groups in total. The molecule has 0 aromatic heterocycles. The standard InChI is InChI=1S/C19H21NO5/c1-10(21)24-13-4-3-11-9-14-19(23)6-5-12(22)17-18(19,7-8-20(14)2)15(11)16(13)25-17/h3-4,14,17,23H,5-9H2,1-2H3/t14-,17-,18+,19-/m1/s1. The van der Waals surface area contributed by atoms with Gasteiger partial charge in [0.15, 0.2) is 23.4 Å². The van der Waals surface area contributed by atoms with Gasteiger partial charge in [-0.1, -0.05) is 6.07 Å². The molecule has 2 aliphatic heterocycles. The van der Waals surface area contributed by atoms with Crippen LogP contribution in [0.4, 0.5) is 0 Å². The minimum atomic E-state index is -0.994. The predicted octanol–water partition coefficient (Wildman–Crippen LogP) is 0.965. The molecule has 4 atom stereocenters. The lowest BCUT2D eigenvalue weighted by Crippen LogP contribution is -2.76. The van der Waals surface area contributed by atoms with E-state index in [2.05, 4.69) is 4.90 Å². The number of ether oxygens (including phenoxy) is 2. The van der Waals surface area contributed by atoms with E-state index in [1.807, 2.05) is 13.1 Å². The number of rotatable bonds is 1. The number of carbonyl (C=O) groups is 2. The molecule has 5 rings (SSSR count). The molecular weight excluding hydrogens is 322 g/mol. The van der Waals surface area contributed by atoms with Gasteiger partial charge >= 0.3 is 5.97 Å². The van der Waals surface area contributed by atoms with Crippen molar-refractivity contribution in [2.24, 2.45) is 0 Å². The average molecular weight is 343 g/mol. The Morgan fingerprint density at radius 2 is 2.20 bits per heavy atom. The monoisotopic (exact) mass is 343 g/mol. The van der Waals surface area contributed by atoms with E-state index in [1.54, 1.807) is 6.07 Å². The van der Waals surface area contributed by atoms with E-state index in [4.69, 9.17) is 9.47 Å². The third-order valence-corrected chi connectivity index (χ3v) is 6.76. The van der Waals surface area contributed by atoms with Crippen LogP contribution in [0.25, 0.3) is 0 Å². The van der Waals surface area contributed by atoms with Crippen molar-refractivity contribution in [3.63, 3.8) is 0 Å². The van der Waals surface area contributed by atoms with Gasteiger partial charge in [0.2, 0.25) is 0 Å². The number of carbonyl (C=O) groups excluding carboxylic acids is 2. The second kappa shape index (κ2) is 4.62. The maximum Gasteiger partial charge on any atom is 0.308 e. The van der Waals surface area contributed by atoms with Crippen LogP contribution in [0.1, 0.15) is 37.3 Å². The Hall–Kier alpha value is -1.92. The average Bonchev–Trinajstić information content (AvgIpc) is 2.91. The van der Waals surface area contributed by atoms with Gasteiger partial charge in [-0.25, -0.2) is 0 Å². The number of ketones is 1. The van der Waals surface area contributed by atoms with E-state index >= 15 is 0 Å². The van der Waals surface area contributed by atoms with Gasteiger partial charge in [-0.2, -0.15) is 0 Å². The minimum Gasteiger partial charge on any atom is -0.477 e. The summed E-state index contributed by atoms with van der Waals surface area (Å²) in [6.07, 6.45) is 1.46. The fourth-order valence-corrected chi connectivity index (χ4v) is 5.76. The quantitative estimate of drug-likeness (QED) is 0.605. The van der Waals surface area contributed by atoms with Crippen molar-refractivity contribution in [2.45, 2.75) is 55.8 Å². The fourth-order valence-electron chi connectivity index (χ4n) is 5.76. The van der Waals surface area contributed by atoms with Gasteiger partial charge in [0.25, 0.3) is 0 Å². The Morgan fingerprint density at radius 1 is 1.40 bits per heavy atom. The maximum absolute atomic E-state index is 12.7. The van der Waals surface area contributed by atoms with Crippen molar-refractivity contribution in [2.75, 3.05) is 13.6 Å². The lowest BCUT2D eigenvalue weighted by molar-refractivity contribution is -0.185. The highest BCUT2D eigenvalue weighted by Crippen LogP contribution is 2.64. The van der Waals surface area contributed by atoms with Crippen LogP contribution in [0, 0.1) is 0 Å². The summed E-state index contributed by atoms with van der Waals surface area (Å²) in [5.41, 5.74) is 0.269. The molecule has 1 aromatic carbocycles. The third kappa shape index (κ3) is 1.62. The second-order valence-electron chi connectivity index (χ2n) is 7.83. The van der Waals surface area contributed by atoms with Crippen LogP contribution >= 0.6 is 0 Å². The lowest BCUT2D eigenvalue weighted by atomic mass is 9.49. The summed E-state index contributed by atoms with van der Waals surface area (Å²) in [6, 6.07) is 3.67. The van der Waals surface area contributed by atoms with Crippen molar-refractivity contribution < 1.29 is 24.2 Å². The van der Waals surface area contributed by atoms with Gasteiger partial charge in [0.1, 0.15) is 0 Å². The van der Waals surface area contributed by atoms with Crippen LogP contribution < -0.4 is 9.47 Å². The molecule has 25 heavy (non-hydrogen) atoms. The number of likely N-dealkylation sites (tertiary alicyclic amines) is 1. The van der Waals surface area contributed by atoms with Gasteiger partial charge in [0.05, 0.1) is 11.0 Å². The van der Waals surface area contributed by atoms with Crippen LogP contribution in [0.2, 0.25) is 0 Å². The molecule has 1 saturated heterocycles. The minimum absolute atomic E-state index is 0.0292. The molecule has 2 fully saturated rings. The molecule has 1 aromatic rings. The number of aliphatic hydroxyl groups is 1. The third-order valence-electron chi connectivity index (χ3n) is 6.76. The Balaban J connectivity index is 1.80. The summed E-state index contributed by atoms with van der Waals surface area (Å²) >= 11 is 0. The number of Topliss-reactive ketones (excluding diaryl/α,β-unsaturated/α-hetero) is 1. The fraction of sp³-hybridized carbons (Fsp3) is 0.579. The Kier molecular flexibility index (Phi) is 2.84. The van der Waals surface area contributed by atoms with Gasteiger partial charge in [-0.05, 0) is 44.5 Å². The van der Waals surface area contributed by atoms with Crippen LogP contribution in [0.3, 0.4) is 0 Å². The Bertz CT molecular complexity index is 820. The lowest BCUT2D eigenvalue weighted by Gasteiger charge is -2.61. The van der Waals surface area contributed by atoms with Gasteiger partial charge in [-0.3, -0.25) is 9.59 Å². The molecule has 132 valence electrons.